The van der Waals surface area contributed by atoms with Gasteiger partial charge in [-0.25, -0.2) is 14.2 Å². The van der Waals surface area contributed by atoms with Crippen molar-refractivity contribution < 1.29 is 4.79 Å². The van der Waals surface area contributed by atoms with Crippen LogP contribution in [0.4, 0.5) is 0 Å². The Hall–Kier alpha value is -4.04. The number of fused-ring (bicyclic) bond motifs is 1. The second-order valence-corrected chi connectivity index (χ2v) is 9.21. The van der Waals surface area contributed by atoms with Crippen molar-refractivity contribution in [1.29, 1.82) is 0 Å². The summed E-state index contributed by atoms with van der Waals surface area (Å²) in [6.07, 6.45) is 4.42. The molecule has 0 N–H and O–H groups in total. The molecule has 1 amide bonds. The Morgan fingerprint density at radius 2 is 1.81 bits per heavy atom. The van der Waals surface area contributed by atoms with Gasteiger partial charge in [-0.1, -0.05) is 41.9 Å². The van der Waals surface area contributed by atoms with Gasteiger partial charge < -0.3 is 4.90 Å². The van der Waals surface area contributed by atoms with Crippen molar-refractivity contribution in [2.75, 3.05) is 7.05 Å². The standard InChI is InChI=1S/C27H26ClN7O/c1-18-24(19(2)35-27(31-18)29-17-30-35)13-14-25(36)33(3)15-21-16-34(23-7-5-4-6-8-23)32-26(21)20-9-11-22(28)12-10-20/h4-12,16-17H,13-15H2,1-3H3. The second kappa shape index (κ2) is 9.91. The molecule has 8 nitrogen and oxygen atoms in total. The molecule has 9 heteroatoms. The summed E-state index contributed by atoms with van der Waals surface area (Å²) >= 11 is 6.11. The maximum absolute atomic E-state index is 13.2. The minimum atomic E-state index is 0.0435. The van der Waals surface area contributed by atoms with Crippen molar-refractivity contribution in [2.24, 2.45) is 0 Å². The maximum atomic E-state index is 13.2. The van der Waals surface area contributed by atoms with Crippen molar-refractivity contribution in [3.05, 3.63) is 94.7 Å². The molecule has 0 spiro atoms. The smallest absolute Gasteiger partial charge is 0.252 e. The van der Waals surface area contributed by atoms with Crippen LogP contribution in [-0.4, -0.2) is 47.2 Å². The van der Waals surface area contributed by atoms with E-state index < -0.39 is 0 Å². The molecule has 5 aromatic rings. The number of benzene rings is 2. The molecule has 2 aromatic carbocycles. The molecule has 0 aliphatic carbocycles. The molecular weight excluding hydrogens is 474 g/mol. The first-order valence-corrected chi connectivity index (χ1v) is 12.1. The Bertz CT molecular complexity index is 1520. The molecule has 0 radical (unpaired) electrons. The van der Waals surface area contributed by atoms with Gasteiger partial charge >= 0.3 is 0 Å². The van der Waals surface area contributed by atoms with Crippen molar-refractivity contribution >= 4 is 23.3 Å². The average Bonchev–Trinajstić information content (AvgIpc) is 3.52. The van der Waals surface area contributed by atoms with Gasteiger partial charge in [-0.05, 0) is 50.1 Å². The first-order valence-electron chi connectivity index (χ1n) is 11.7. The number of carbonyl (C=O) groups excluding carboxylic acids is 1. The van der Waals surface area contributed by atoms with Gasteiger partial charge in [0.25, 0.3) is 5.78 Å². The van der Waals surface area contributed by atoms with Crippen molar-refractivity contribution in [3.8, 4) is 16.9 Å². The highest BCUT2D eigenvalue weighted by molar-refractivity contribution is 6.30. The van der Waals surface area contributed by atoms with Gasteiger partial charge in [-0.3, -0.25) is 4.79 Å². The second-order valence-electron chi connectivity index (χ2n) is 8.77. The highest BCUT2D eigenvalue weighted by Crippen LogP contribution is 2.26. The number of aromatic nitrogens is 6. The van der Waals surface area contributed by atoms with Gasteiger partial charge in [0.15, 0.2) is 0 Å². The number of amides is 1. The number of nitrogens with zero attached hydrogens (tertiary/aromatic N) is 7. The lowest BCUT2D eigenvalue weighted by Crippen LogP contribution is -2.26. The number of carbonyl (C=O) groups is 1. The highest BCUT2D eigenvalue weighted by atomic mass is 35.5. The molecule has 0 unspecified atom stereocenters. The Morgan fingerprint density at radius 3 is 2.56 bits per heavy atom. The van der Waals surface area contributed by atoms with E-state index in [1.807, 2.05) is 86.4 Å². The van der Waals surface area contributed by atoms with Crippen LogP contribution in [0.5, 0.6) is 0 Å². The fourth-order valence-electron chi connectivity index (χ4n) is 4.37. The SMILES string of the molecule is Cc1nc2ncnn2c(C)c1CCC(=O)N(C)Cc1cn(-c2ccccc2)nc1-c1ccc(Cl)cc1. The van der Waals surface area contributed by atoms with Crippen LogP contribution in [0, 0.1) is 13.8 Å². The zero-order valence-electron chi connectivity index (χ0n) is 20.4. The quantitative estimate of drug-likeness (QED) is 0.320. The predicted octanol–water partition coefficient (Wildman–Crippen LogP) is 4.84. The van der Waals surface area contributed by atoms with Crippen LogP contribution in [0.25, 0.3) is 22.7 Å². The third kappa shape index (κ3) is 4.72. The van der Waals surface area contributed by atoms with E-state index in [4.69, 9.17) is 16.7 Å². The van der Waals surface area contributed by atoms with E-state index in [1.165, 1.54) is 6.33 Å². The predicted molar refractivity (Wildman–Crippen MR) is 139 cm³/mol. The van der Waals surface area contributed by atoms with Crippen LogP contribution in [0.2, 0.25) is 5.02 Å². The van der Waals surface area contributed by atoms with Crippen molar-refractivity contribution in [1.82, 2.24) is 34.3 Å². The summed E-state index contributed by atoms with van der Waals surface area (Å²) < 4.78 is 3.57. The first-order chi connectivity index (χ1) is 17.4. The zero-order valence-corrected chi connectivity index (χ0v) is 21.1. The number of hydrogen-bond donors (Lipinski definition) is 0. The molecule has 0 saturated carbocycles. The van der Waals surface area contributed by atoms with Gasteiger partial charge in [0.1, 0.15) is 6.33 Å². The van der Waals surface area contributed by atoms with Crippen LogP contribution in [0.3, 0.4) is 0 Å². The lowest BCUT2D eigenvalue weighted by Gasteiger charge is -2.18. The summed E-state index contributed by atoms with van der Waals surface area (Å²) in [6.45, 7) is 4.36. The van der Waals surface area contributed by atoms with Crippen molar-refractivity contribution in [2.45, 2.75) is 33.2 Å². The minimum absolute atomic E-state index is 0.0435. The third-order valence-corrected chi connectivity index (χ3v) is 6.59. The lowest BCUT2D eigenvalue weighted by atomic mass is 10.1. The van der Waals surface area contributed by atoms with Crippen LogP contribution in [0.1, 0.15) is 28.9 Å². The van der Waals surface area contributed by atoms with E-state index in [0.717, 1.165) is 39.5 Å². The van der Waals surface area contributed by atoms with Crippen LogP contribution < -0.4 is 0 Å². The van der Waals surface area contributed by atoms with Crippen LogP contribution in [-0.2, 0) is 17.8 Å². The Morgan fingerprint density at radius 1 is 1.06 bits per heavy atom. The molecule has 5 rings (SSSR count). The monoisotopic (exact) mass is 499 g/mol. The summed E-state index contributed by atoms with van der Waals surface area (Å²) in [5, 5.41) is 9.75. The van der Waals surface area contributed by atoms with Crippen LogP contribution >= 0.6 is 11.6 Å². The number of halogens is 1. The molecule has 0 atom stereocenters. The van der Waals surface area contributed by atoms with E-state index in [-0.39, 0.29) is 5.91 Å². The average molecular weight is 500 g/mol. The molecule has 182 valence electrons. The first kappa shape index (κ1) is 23.7. The maximum Gasteiger partial charge on any atom is 0.252 e. The number of hydrogen-bond acceptors (Lipinski definition) is 5. The Kier molecular flexibility index (Phi) is 6.52. The van der Waals surface area contributed by atoms with Crippen molar-refractivity contribution in [3.63, 3.8) is 0 Å². The summed E-state index contributed by atoms with van der Waals surface area (Å²) in [5.41, 5.74) is 6.53. The number of para-hydroxylation sites is 1. The Balaban J connectivity index is 1.37. The highest BCUT2D eigenvalue weighted by Gasteiger charge is 2.18. The van der Waals surface area contributed by atoms with E-state index in [1.54, 1.807) is 9.42 Å². The molecule has 3 aromatic heterocycles. The molecule has 0 bridgehead atoms. The summed E-state index contributed by atoms with van der Waals surface area (Å²) in [6, 6.07) is 17.5. The molecule has 0 fully saturated rings. The number of aryl methyl sites for hydroxylation is 2. The summed E-state index contributed by atoms with van der Waals surface area (Å²) in [5.74, 6) is 0.615. The molecule has 0 saturated heterocycles. The van der Waals surface area contributed by atoms with Gasteiger partial charge in [0.2, 0.25) is 5.91 Å². The zero-order chi connectivity index (χ0) is 25.2. The van der Waals surface area contributed by atoms with Gasteiger partial charge in [0.05, 0.1) is 11.4 Å². The Labute approximate surface area is 214 Å². The normalized spacial score (nSPS) is 11.2. The topological polar surface area (TPSA) is 81.2 Å². The van der Waals surface area contributed by atoms with Gasteiger partial charge in [-0.15, -0.1) is 0 Å². The van der Waals surface area contributed by atoms with E-state index >= 15 is 0 Å². The van der Waals surface area contributed by atoms with E-state index in [0.29, 0.717) is 30.2 Å². The largest absolute Gasteiger partial charge is 0.341 e. The van der Waals surface area contributed by atoms with Gasteiger partial charge in [-0.2, -0.15) is 15.2 Å². The molecule has 0 aliphatic rings. The van der Waals surface area contributed by atoms with E-state index in [2.05, 4.69) is 15.1 Å². The van der Waals surface area contributed by atoms with E-state index in [9.17, 15) is 4.79 Å². The van der Waals surface area contributed by atoms with Crippen LogP contribution in [0.15, 0.2) is 67.1 Å². The molecule has 3 heterocycles. The molecule has 36 heavy (non-hydrogen) atoms. The van der Waals surface area contributed by atoms with Gasteiger partial charge in [0, 0.05) is 53.7 Å². The minimum Gasteiger partial charge on any atom is -0.341 e. The number of rotatable bonds is 7. The summed E-state index contributed by atoms with van der Waals surface area (Å²) in [7, 11) is 1.83. The lowest BCUT2D eigenvalue weighted by molar-refractivity contribution is -0.130. The molecule has 0 aliphatic heterocycles. The summed E-state index contributed by atoms with van der Waals surface area (Å²) in [4.78, 5) is 23.6. The fraction of sp³-hybridized carbons (Fsp3) is 0.222. The fourth-order valence-corrected chi connectivity index (χ4v) is 4.50. The molecular formula is C27H26ClN7O. The third-order valence-electron chi connectivity index (χ3n) is 6.34.